The summed E-state index contributed by atoms with van der Waals surface area (Å²) in [5.41, 5.74) is 0. The highest BCUT2D eigenvalue weighted by Gasteiger charge is 2.25. The van der Waals surface area contributed by atoms with Crippen LogP contribution in [0.3, 0.4) is 0 Å². The van der Waals surface area contributed by atoms with E-state index in [0.29, 0.717) is 6.54 Å². The Balaban J connectivity index is 0.00000146. The molecule has 150 valence electrons. The molecule has 0 bridgehead atoms. The zero-order valence-corrected chi connectivity index (χ0v) is 18.8. The minimum Gasteiger partial charge on any atom is -0.481 e. The van der Waals surface area contributed by atoms with Crippen LogP contribution in [0.15, 0.2) is 34.1 Å². The van der Waals surface area contributed by atoms with Gasteiger partial charge in [-0.1, -0.05) is 41.5 Å². The van der Waals surface area contributed by atoms with Crippen molar-refractivity contribution in [2.45, 2.75) is 64.2 Å². The van der Waals surface area contributed by atoms with Crippen molar-refractivity contribution < 1.29 is 9.90 Å². The third kappa shape index (κ3) is 9.31. The molecular weight excluding hydrogens is 364 g/mol. The molecule has 1 aromatic rings. The Bertz CT molecular complexity index is 479. The number of piperidine rings is 1. The average molecular weight is 401 g/mol. The number of carboxylic acids is 1. The number of carboxylic acid groups (broad SMARTS) is 1. The fraction of sp³-hybridized carbons (Fsp3) is 0.650. The lowest BCUT2D eigenvalue weighted by Gasteiger charge is -2.29. The fourth-order valence-electron chi connectivity index (χ4n) is 2.44. The number of carbonyl (C=O) groups is 1. The molecule has 1 N–H and O–H groups in total. The predicted molar refractivity (Wildman–Crippen MR) is 116 cm³/mol. The van der Waals surface area contributed by atoms with Gasteiger partial charge in [0.05, 0.1) is 5.92 Å². The summed E-state index contributed by atoms with van der Waals surface area (Å²) in [6.07, 6.45) is 1.76. The first-order valence-electron chi connectivity index (χ1n) is 9.81. The first-order chi connectivity index (χ1) is 12.6. The van der Waals surface area contributed by atoms with Crippen LogP contribution in [0, 0.1) is 5.92 Å². The van der Waals surface area contributed by atoms with Gasteiger partial charge in [0.1, 0.15) is 0 Å². The third-order valence-electron chi connectivity index (χ3n) is 3.73. The zero-order valence-electron chi connectivity index (χ0n) is 17.2. The Labute approximate surface area is 169 Å². The van der Waals surface area contributed by atoms with Crippen molar-refractivity contribution in [3.05, 3.63) is 24.3 Å². The Morgan fingerprint density at radius 2 is 1.65 bits per heavy atom. The van der Waals surface area contributed by atoms with Crippen LogP contribution in [0.1, 0.15) is 54.4 Å². The van der Waals surface area contributed by atoms with Crippen molar-refractivity contribution in [3.8, 4) is 0 Å². The zero-order chi connectivity index (χ0) is 19.9. The highest BCUT2D eigenvalue weighted by atomic mass is 32.2. The molecule has 1 aliphatic rings. The third-order valence-corrected chi connectivity index (χ3v) is 6.06. The van der Waals surface area contributed by atoms with Crippen molar-refractivity contribution >= 4 is 29.9 Å². The maximum Gasteiger partial charge on any atom is 0.307 e. The lowest BCUT2D eigenvalue weighted by Crippen LogP contribution is -2.34. The quantitative estimate of drug-likeness (QED) is 0.576. The van der Waals surface area contributed by atoms with Gasteiger partial charge in [0, 0.05) is 36.0 Å². The second-order valence-corrected chi connectivity index (χ2v) is 7.67. The molecule has 0 saturated carbocycles. The molecule has 0 amide bonds. The minimum atomic E-state index is -0.670. The molecule has 0 aromatic heterocycles. The number of benzene rings is 1. The maximum atomic E-state index is 11.1. The average Bonchev–Trinajstić information content (AvgIpc) is 2.70. The molecule has 6 heteroatoms. The lowest BCUT2D eigenvalue weighted by atomic mass is 10.0. The summed E-state index contributed by atoms with van der Waals surface area (Å²) in [5, 5.41) is 9.15. The minimum absolute atomic E-state index is 0.223. The van der Waals surface area contributed by atoms with E-state index in [-0.39, 0.29) is 5.92 Å². The molecule has 0 aliphatic carbocycles. The number of hydrogen-bond acceptors (Lipinski definition) is 5. The van der Waals surface area contributed by atoms with Crippen LogP contribution in [0.4, 0.5) is 0 Å². The number of nitrogens with zero attached hydrogens (tertiary/aromatic N) is 2. The van der Waals surface area contributed by atoms with Crippen LogP contribution in [0.5, 0.6) is 0 Å². The van der Waals surface area contributed by atoms with Crippen molar-refractivity contribution in [1.29, 1.82) is 0 Å². The molecular formula is C20H36N2O2S2. The Kier molecular flexibility index (Phi) is 15.0. The van der Waals surface area contributed by atoms with E-state index in [0.717, 1.165) is 32.5 Å². The van der Waals surface area contributed by atoms with Crippen molar-refractivity contribution in [3.63, 3.8) is 0 Å². The Morgan fingerprint density at radius 1 is 1.12 bits per heavy atom. The normalized spacial score (nSPS) is 17.0. The first kappa shape index (κ1) is 25.3. The van der Waals surface area contributed by atoms with Crippen LogP contribution < -0.4 is 0 Å². The van der Waals surface area contributed by atoms with Crippen LogP contribution >= 0.6 is 23.9 Å². The number of hydrogen-bond donors (Lipinski definition) is 1. The Morgan fingerprint density at radius 3 is 2.15 bits per heavy atom. The van der Waals surface area contributed by atoms with Gasteiger partial charge < -0.3 is 5.11 Å². The molecule has 1 saturated heterocycles. The summed E-state index contributed by atoms with van der Waals surface area (Å²) >= 11 is 3.45. The summed E-state index contributed by atoms with van der Waals surface area (Å²) in [5.74, 6) is -0.894. The first-order valence-corrected chi connectivity index (χ1v) is 11.4. The summed E-state index contributed by atoms with van der Waals surface area (Å²) in [4.78, 5) is 13.5. The van der Waals surface area contributed by atoms with Crippen molar-refractivity contribution in [2.75, 3.05) is 26.2 Å². The van der Waals surface area contributed by atoms with Crippen LogP contribution in [-0.2, 0) is 4.79 Å². The van der Waals surface area contributed by atoms with E-state index >= 15 is 0 Å². The van der Waals surface area contributed by atoms with E-state index in [2.05, 4.69) is 46.7 Å². The monoisotopic (exact) mass is 400 g/mol. The van der Waals surface area contributed by atoms with Gasteiger partial charge in [-0.25, -0.2) is 8.61 Å². The Hall–Kier alpha value is -0.690. The van der Waals surface area contributed by atoms with E-state index in [1.165, 1.54) is 9.79 Å². The van der Waals surface area contributed by atoms with E-state index in [4.69, 9.17) is 5.11 Å². The standard InChI is InChI=1S/C16H24N2O2S2.2C2H6/c1-3-17(4-2)21-14-7-9-15(10-8-14)22-18-11-5-6-13(12-18)16(19)20;2*1-2/h7-10,13H,3-6,11-12H2,1-2H3,(H,19,20);2*1-2H3. The molecule has 1 atom stereocenters. The summed E-state index contributed by atoms with van der Waals surface area (Å²) in [6.45, 7) is 16.0. The molecule has 2 rings (SSSR count). The molecule has 0 radical (unpaired) electrons. The molecule has 1 fully saturated rings. The van der Waals surface area contributed by atoms with E-state index in [1.807, 2.05) is 27.7 Å². The molecule has 1 aliphatic heterocycles. The van der Waals surface area contributed by atoms with Gasteiger partial charge in [-0.15, -0.1) is 0 Å². The van der Waals surface area contributed by atoms with Crippen LogP contribution in [-0.4, -0.2) is 45.9 Å². The molecule has 4 nitrogen and oxygen atoms in total. The summed E-state index contributed by atoms with van der Waals surface area (Å²) in [6, 6.07) is 8.54. The van der Waals surface area contributed by atoms with Crippen molar-refractivity contribution in [2.24, 2.45) is 5.92 Å². The molecule has 1 unspecified atom stereocenters. The number of aliphatic carboxylic acids is 1. The topological polar surface area (TPSA) is 43.8 Å². The van der Waals surface area contributed by atoms with Gasteiger partial charge in [0.15, 0.2) is 0 Å². The van der Waals surface area contributed by atoms with Gasteiger partial charge in [0.2, 0.25) is 0 Å². The molecule has 26 heavy (non-hydrogen) atoms. The molecule has 1 aromatic carbocycles. The highest BCUT2D eigenvalue weighted by Crippen LogP contribution is 2.30. The van der Waals surface area contributed by atoms with Gasteiger partial charge in [-0.3, -0.25) is 4.79 Å². The second kappa shape index (κ2) is 15.4. The van der Waals surface area contributed by atoms with E-state index in [9.17, 15) is 4.79 Å². The van der Waals surface area contributed by atoms with Gasteiger partial charge >= 0.3 is 5.97 Å². The van der Waals surface area contributed by atoms with Crippen LogP contribution in [0.2, 0.25) is 0 Å². The van der Waals surface area contributed by atoms with Gasteiger partial charge in [-0.2, -0.15) is 0 Å². The SMILES string of the molecule is CC.CC.CCN(CC)Sc1ccc(SN2CCCC(C(=O)O)C2)cc1. The molecule has 1 heterocycles. The predicted octanol–water partition coefficient (Wildman–Crippen LogP) is 5.89. The van der Waals surface area contributed by atoms with Crippen molar-refractivity contribution in [1.82, 2.24) is 8.61 Å². The van der Waals surface area contributed by atoms with E-state index in [1.54, 1.807) is 23.9 Å². The van der Waals surface area contributed by atoms with Gasteiger partial charge in [0.25, 0.3) is 0 Å². The fourth-order valence-corrected chi connectivity index (χ4v) is 4.28. The largest absolute Gasteiger partial charge is 0.481 e. The van der Waals surface area contributed by atoms with Crippen LogP contribution in [0.25, 0.3) is 0 Å². The smallest absolute Gasteiger partial charge is 0.307 e. The van der Waals surface area contributed by atoms with Gasteiger partial charge in [-0.05, 0) is 61.0 Å². The summed E-state index contributed by atoms with van der Waals surface area (Å²) < 4.78 is 4.49. The number of rotatable bonds is 7. The highest BCUT2D eigenvalue weighted by molar-refractivity contribution is 7.97. The summed E-state index contributed by atoms with van der Waals surface area (Å²) in [7, 11) is 0. The lowest BCUT2D eigenvalue weighted by molar-refractivity contribution is -0.142. The molecule has 0 spiro atoms. The van der Waals surface area contributed by atoms with E-state index < -0.39 is 5.97 Å². The maximum absolute atomic E-state index is 11.1. The second-order valence-electron chi connectivity index (χ2n) is 5.33.